The first-order chi connectivity index (χ1) is 8.56. The smallest absolute Gasteiger partial charge is 0.128 e. The summed E-state index contributed by atoms with van der Waals surface area (Å²) >= 11 is 5.18. The van der Waals surface area contributed by atoms with Crippen molar-refractivity contribution < 1.29 is 0 Å². The Morgan fingerprint density at radius 3 is 2.89 bits per heavy atom. The monoisotopic (exact) mass is 325 g/mol. The molecular formula is C13H16BrN3S. The van der Waals surface area contributed by atoms with Crippen LogP contribution in [0, 0.1) is 0 Å². The summed E-state index contributed by atoms with van der Waals surface area (Å²) in [5.41, 5.74) is 8.28. The van der Waals surface area contributed by atoms with Gasteiger partial charge in [-0.3, -0.25) is 0 Å². The maximum atomic E-state index is 5.89. The molecule has 3 nitrogen and oxygen atoms in total. The van der Waals surface area contributed by atoms with E-state index in [9.17, 15) is 0 Å². The molecule has 0 aliphatic heterocycles. The van der Waals surface area contributed by atoms with Crippen molar-refractivity contribution in [2.75, 3.05) is 11.9 Å². The van der Waals surface area contributed by atoms with Crippen molar-refractivity contribution >= 4 is 33.1 Å². The number of nitrogens with two attached hydrogens (primary N) is 1. The molecule has 0 unspecified atom stereocenters. The molecule has 5 heteroatoms. The Balaban J connectivity index is 2.13. The average molecular weight is 326 g/mol. The maximum Gasteiger partial charge on any atom is 0.128 e. The first-order valence-electron chi connectivity index (χ1n) is 5.72. The maximum absolute atomic E-state index is 5.89. The van der Waals surface area contributed by atoms with Crippen LogP contribution in [0.2, 0.25) is 0 Å². The van der Waals surface area contributed by atoms with Gasteiger partial charge in [-0.1, -0.05) is 0 Å². The van der Waals surface area contributed by atoms with E-state index in [0.29, 0.717) is 0 Å². The van der Waals surface area contributed by atoms with Crippen LogP contribution in [0.5, 0.6) is 0 Å². The van der Waals surface area contributed by atoms with Crippen molar-refractivity contribution in [2.24, 2.45) is 5.73 Å². The van der Waals surface area contributed by atoms with Crippen LogP contribution in [0.1, 0.15) is 24.1 Å². The van der Waals surface area contributed by atoms with Gasteiger partial charge in [0.1, 0.15) is 5.82 Å². The van der Waals surface area contributed by atoms with Gasteiger partial charge in [-0.05, 0) is 57.6 Å². The number of halogens is 1. The molecular weight excluding hydrogens is 310 g/mol. The Bertz CT molecular complexity index is 524. The Labute approximate surface area is 120 Å². The third-order valence-corrected chi connectivity index (χ3v) is 4.28. The van der Waals surface area contributed by atoms with Crippen molar-refractivity contribution in [2.45, 2.75) is 19.5 Å². The summed E-state index contributed by atoms with van der Waals surface area (Å²) < 4.78 is 1.16. The Morgan fingerprint density at radius 2 is 2.28 bits per heavy atom. The van der Waals surface area contributed by atoms with Crippen LogP contribution in [0.3, 0.4) is 0 Å². The molecule has 0 spiro atoms. The van der Waals surface area contributed by atoms with Gasteiger partial charge in [-0.15, -0.1) is 11.3 Å². The van der Waals surface area contributed by atoms with Gasteiger partial charge in [0.2, 0.25) is 0 Å². The van der Waals surface area contributed by atoms with Crippen molar-refractivity contribution in [3.63, 3.8) is 0 Å². The van der Waals surface area contributed by atoms with Gasteiger partial charge in [0, 0.05) is 25.8 Å². The van der Waals surface area contributed by atoms with Crippen LogP contribution in [-0.2, 0) is 6.54 Å². The topological polar surface area (TPSA) is 42.1 Å². The average Bonchev–Trinajstić information content (AvgIpc) is 2.75. The zero-order valence-corrected chi connectivity index (χ0v) is 12.8. The molecule has 0 radical (unpaired) electrons. The highest BCUT2D eigenvalue weighted by atomic mass is 79.9. The Kier molecular flexibility index (Phi) is 4.37. The van der Waals surface area contributed by atoms with E-state index in [4.69, 9.17) is 5.73 Å². The lowest BCUT2D eigenvalue weighted by Gasteiger charge is -2.18. The number of thiophene rings is 1. The second-order valence-corrected chi connectivity index (χ2v) is 6.64. The predicted molar refractivity (Wildman–Crippen MR) is 81.0 cm³/mol. The molecule has 2 aromatic rings. The lowest BCUT2D eigenvalue weighted by atomic mass is 10.1. The summed E-state index contributed by atoms with van der Waals surface area (Å²) in [6.45, 7) is 2.83. The molecule has 0 saturated heterocycles. The van der Waals surface area contributed by atoms with Gasteiger partial charge in [0.05, 0.1) is 3.79 Å². The molecule has 0 amide bonds. The molecule has 2 aromatic heterocycles. The van der Waals surface area contributed by atoms with Crippen LogP contribution in [-0.4, -0.2) is 12.0 Å². The predicted octanol–water partition coefficient (Wildman–Crippen LogP) is 3.56. The zero-order chi connectivity index (χ0) is 13.1. The van der Waals surface area contributed by atoms with Crippen molar-refractivity contribution in [1.82, 2.24) is 4.98 Å². The standard InChI is InChI=1S/C13H16BrN3S/c1-9(15)11-3-4-16-13(6-11)17(2)7-10-5-12(14)18-8-10/h3-6,8-9H,7,15H2,1-2H3/t9-/m1/s1. The SMILES string of the molecule is C[C@@H](N)c1ccnc(N(C)Cc2csc(Br)c2)c1. The molecule has 0 aliphatic carbocycles. The number of rotatable bonds is 4. The second kappa shape index (κ2) is 5.82. The molecule has 0 aliphatic rings. The minimum atomic E-state index is 0.0374. The Hall–Kier alpha value is -0.910. The quantitative estimate of drug-likeness (QED) is 0.934. The minimum absolute atomic E-state index is 0.0374. The van der Waals surface area contributed by atoms with Crippen molar-refractivity contribution in [3.05, 3.63) is 44.7 Å². The summed E-state index contributed by atoms with van der Waals surface area (Å²) in [4.78, 5) is 6.51. The van der Waals surface area contributed by atoms with E-state index >= 15 is 0 Å². The highest BCUT2D eigenvalue weighted by Gasteiger charge is 2.07. The van der Waals surface area contributed by atoms with Crippen LogP contribution >= 0.6 is 27.3 Å². The van der Waals surface area contributed by atoms with Crippen molar-refractivity contribution in [3.8, 4) is 0 Å². The first-order valence-corrected chi connectivity index (χ1v) is 7.39. The molecule has 1 atom stereocenters. The van der Waals surface area contributed by atoms with Crippen LogP contribution < -0.4 is 10.6 Å². The van der Waals surface area contributed by atoms with Gasteiger partial charge < -0.3 is 10.6 Å². The van der Waals surface area contributed by atoms with E-state index in [1.54, 1.807) is 11.3 Å². The first kappa shape index (κ1) is 13.5. The van der Waals surface area contributed by atoms with E-state index in [1.165, 1.54) is 5.56 Å². The van der Waals surface area contributed by atoms with Crippen LogP contribution in [0.15, 0.2) is 33.6 Å². The largest absolute Gasteiger partial charge is 0.355 e. The fraction of sp³-hybridized carbons (Fsp3) is 0.308. The lowest BCUT2D eigenvalue weighted by molar-refractivity contribution is 0.809. The minimum Gasteiger partial charge on any atom is -0.355 e. The summed E-state index contributed by atoms with van der Waals surface area (Å²) in [7, 11) is 2.04. The molecule has 2 heterocycles. The molecule has 2 rings (SSSR count). The van der Waals surface area contributed by atoms with Gasteiger partial charge in [-0.25, -0.2) is 4.98 Å². The molecule has 0 fully saturated rings. The molecule has 18 heavy (non-hydrogen) atoms. The van der Waals surface area contributed by atoms with Gasteiger partial charge in [-0.2, -0.15) is 0 Å². The lowest BCUT2D eigenvalue weighted by Crippen LogP contribution is -2.18. The van der Waals surface area contributed by atoms with Gasteiger partial charge in [0.15, 0.2) is 0 Å². The van der Waals surface area contributed by atoms with Gasteiger partial charge >= 0.3 is 0 Å². The molecule has 0 saturated carbocycles. The molecule has 0 aromatic carbocycles. The normalized spacial score (nSPS) is 12.4. The summed E-state index contributed by atoms with van der Waals surface area (Å²) in [6.07, 6.45) is 1.81. The molecule has 96 valence electrons. The van der Waals surface area contributed by atoms with E-state index in [0.717, 1.165) is 21.7 Å². The summed E-state index contributed by atoms with van der Waals surface area (Å²) in [6, 6.07) is 6.18. The number of hydrogen-bond donors (Lipinski definition) is 1. The van der Waals surface area contributed by atoms with Crippen LogP contribution in [0.25, 0.3) is 0 Å². The zero-order valence-electron chi connectivity index (χ0n) is 10.4. The highest BCUT2D eigenvalue weighted by molar-refractivity contribution is 9.11. The van der Waals surface area contributed by atoms with Crippen molar-refractivity contribution in [1.29, 1.82) is 0 Å². The van der Waals surface area contributed by atoms with Crippen LogP contribution in [0.4, 0.5) is 5.82 Å². The van der Waals surface area contributed by atoms with Gasteiger partial charge in [0.25, 0.3) is 0 Å². The van der Waals surface area contributed by atoms with E-state index < -0.39 is 0 Å². The number of hydrogen-bond acceptors (Lipinski definition) is 4. The number of pyridine rings is 1. The third-order valence-electron chi connectivity index (χ3n) is 2.73. The van der Waals surface area contributed by atoms with E-state index in [2.05, 4.69) is 37.3 Å². The number of anilines is 1. The second-order valence-electron chi connectivity index (χ2n) is 4.35. The third kappa shape index (κ3) is 3.31. The fourth-order valence-electron chi connectivity index (χ4n) is 1.71. The summed E-state index contributed by atoms with van der Waals surface area (Å²) in [5, 5.41) is 2.15. The summed E-state index contributed by atoms with van der Waals surface area (Å²) in [5.74, 6) is 0.951. The fourth-order valence-corrected chi connectivity index (χ4v) is 2.91. The van der Waals surface area contributed by atoms with E-state index in [-0.39, 0.29) is 6.04 Å². The molecule has 2 N–H and O–H groups in total. The highest BCUT2D eigenvalue weighted by Crippen LogP contribution is 2.23. The number of nitrogens with zero attached hydrogens (tertiary/aromatic N) is 2. The number of aromatic nitrogens is 1. The molecule has 0 bridgehead atoms. The van der Waals surface area contributed by atoms with E-state index in [1.807, 2.05) is 32.3 Å². The Morgan fingerprint density at radius 1 is 1.50 bits per heavy atom.